The van der Waals surface area contributed by atoms with E-state index >= 15 is 0 Å². The molecule has 0 radical (unpaired) electrons. The lowest BCUT2D eigenvalue weighted by Crippen LogP contribution is -2.12. The average molecular weight is 208 g/mol. The average Bonchev–Trinajstić information content (AvgIpc) is 2.17. The Morgan fingerprint density at radius 3 is 2.67 bits per heavy atom. The fraction of sp³-hybridized carbons (Fsp3) is 0.364. The first kappa shape index (κ1) is 11.4. The Hall–Kier alpha value is -1.67. The number of isocyanates is 1. The summed E-state index contributed by atoms with van der Waals surface area (Å²) in [4.78, 5) is 15.6. The lowest BCUT2D eigenvalue weighted by atomic mass is 10.1. The van der Waals surface area contributed by atoms with Crippen LogP contribution in [0.15, 0.2) is 23.2 Å². The van der Waals surface area contributed by atoms with Crippen LogP contribution in [0.25, 0.3) is 0 Å². The van der Waals surface area contributed by atoms with Crippen LogP contribution in [-0.2, 0) is 4.79 Å². The topological polar surface area (TPSA) is 32.7 Å². The highest BCUT2D eigenvalue weighted by Crippen LogP contribution is 2.27. The van der Waals surface area contributed by atoms with E-state index < -0.39 is 0 Å². The smallest absolute Gasteiger partial charge is 0.235 e. The van der Waals surface area contributed by atoms with E-state index in [2.05, 4.69) is 4.99 Å². The van der Waals surface area contributed by atoms with Crippen LogP contribution >= 0.6 is 0 Å². The van der Waals surface area contributed by atoms with Crippen LogP contribution in [0, 0.1) is 5.82 Å². The third-order valence-electron chi connectivity index (χ3n) is 2.17. The van der Waals surface area contributed by atoms with Gasteiger partial charge in [-0.15, -0.1) is 0 Å². The third-order valence-corrected chi connectivity index (χ3v) is 2.17. The molecule has 0 aliphatic carbocycles. The normalized spacial score (nSPS) is 11.7. The Bertz CT molecular complexity index is 398. The molecule has 80 valence electrons. The highest BCUT2D eigenvalue weighted by atomic mass is 19.1. The number of hydrogen-bond donors (Lipinski definition) is 0. The molecule has 0 aliphatic heterocycles. The molecule has 0 saturated heterocycles. The molecule has 0 aliphatic rings. The van der Waals surface area contributed by atoms with E-state index in [9.17, 15) is 9.18 Å². The number of benzene rings is 1. The number of halogens is 1. The van der Waals surface area contributed by atoms with Gasteiger partial charge in [0.15, 0.2) is 0 Å². The van der Waals surface area contributed by atoms with Crippen molar-refractivity contribution in [3.8, 4) is 0 Å². The maximum atomic E-state index is 13.0. The van der Waals surface area contributed by atoms with Gasteiger partial charge in [0, 0.05) is 25.3 Å². The zero-order valence-electron chi connectivity index (χ0n) is 8.99. The van der Waals surface area contributed by atoms with Crippen molar-refractivity contribution in [2.75, 3.05) is 19.0 Å². The van der Waals surface area contributed by atoms with Crippen molar-refractivity contribution in [1.82, 2.24) is 0 Å². The van der Waals surface area contributed by atoms with E-state index in [1.807, 2.05) is 14.1 Å². The predicted octanol–water partition coefficient (Wildman–Crippen LogP) is 2.29. The number of carbonyl (C=O) groups excluding carboxylic acids is 1. The first-order chi connectivity index (χ1) is 7.06. The lowest BCUT2D eigenvalue weighted by molar-refractivity contribution is 0.559. The molecule has 0 amide bonds. The van der Waals surface area contributed by atoms with Crippen LogP contribution in [0.1, 0.15) is 18.5 Å². The maximum Gasteiger partial charge on any atom is 0.235 e. The van der Waals surface area contributed by atoms with Crippen molar-refractivity contribution >= 4 is 11.8 Å². The van der Waals surface area contributed by atoms with Gasteiger partial charge in [0.05, 0.1) is 6.04 Å². The SMILES string of the molecule is CC(N=C=O)c1ccc(F)cc1N(C)C. The fourth-order valence-corrected chi connectivity index (χ4v) is 1.41. The number of rotatable bonds is 3. The van der Waals surface area contributed by atoms with Gasteiger partial charge in [0.25, 0.3) is 0 Å². The molecule has 1 atom stereocenters. The summed E-state index contributed by atoms with van der Waals surface area (Å²) < 4.78 is 13.0. The van der Waals surface area contributed by atoms with Crippen molar-refractivity contribution in [2.45, 2.75) is 13.0 Å². The lowest BCUT2D eigenvalue weighted by Gasteiger charge is -2.19. The Kier molecular flexibility index (Phi) is 3.58. The second-order valence-electron chi connectivity index (χ2n) is 3.49. The number of nitrogens with zero attached hydrogens (tertiary/aromatic N) is 2. The van der Waals surface area contributed by atoms with Gasteiger partial charge in [-0.2, -0.15) is 4.99 Å². The molecule has 0 aromatic heterocycles. The van der Waals surface area contributed by atoms with Crippen molar-refractivity contribution in [3.05, 3.63) is 29.6 Å². The summed E-state index contributed by atoms with van der Waals surface area (Å²) in [5.41, 5.74) is 1.53. The van der Waals surface area contributed by atoms with E-state index in [0.29, 0.717) is 0 Å². The van der Waals surface area contributed by atoms with Crippen LogP contribution in [0.5, 0.6) is 0 Å². The Morgan fingerprint density at radius 2 is 2.13 bits per heavy atom. The molecule has 1 aromatic carbocycles. The van der Waals surface area contributed by atoms with Crippen LogP contribution in [-0.4, -0.2) is 20.2 Å². The molecule has 1 unspecified atom stereocenters. The van der Waals surface area contributed by atoms with Crippen LogP contribution < -0.4 is 4.90 Å². The summed E-state index contributed by atoms with van der Waals surface area (Å²) >= 11 is 0. The minimum absolute atomic E-state index is 0.301. The second kappa shape index (κ2) is 4.71. The molecule has 1 rings (SSSR count). The van der Waals surface area contributed by atoms with Gasteiger partial charge in [-0.05, 0) is 19.1 Å². The maximum absolute atomic E-state index is 13.0. The minimum atomic E-state index is -0.305. The molecule has 0 N–H and O–H groups in total. The van der Waals surface area contributed by atoms with Gasteiger partial charge < -0.3 is 4.90 Å². The molecule has 0 spiro atoms. The second-order valence-corrected chi connectivity index (χ2v) is 3.49. The van der Waals surface area contributed by atoms with Gasteiger partial charge in [-0.1, -0.05) is 6.07 Å². The van der Waals surface area contributed by atoms with Gasteiger partial charge in [-0.3, -0.25) is 0 Å². The quantitative estimate of drug-likeness (QED) is 0.564. The van der Waals surface area contributed by atoms with Gasteiger partial charge >= 0.3 is 0 Å². The summed E-state index contributed by atoms with van der Waals surface area (Å²) in [6.07, 6.45) is 1.51. The molecule has 0 heterocycles. The van der Waals surface area contributed by atoms with Gasteiger partial charge in [-0.25, -0.2) is 9.18 Å². The number of anilines is 1. The first-order valence-corrected chi connectivity index (χ1v) is 4.60. The van der Waals surface area contributed by atoms with E-state index in [1.165, 1.54) is 18.2 Å². The molecular formula is C11H13FN2O. The van der Waals surface area contributed by atoms with Crippen molar-refractivity contribution in [3.63, 3.8) is 0 Å². The molecule has 15 heavy (non-hydrogen) atoms. The highest BCUT2D eigenvalue weighted by molar-refractivity contribution is 5.54. The number of aliphatic imine (C=N–C) groups is 1. The Balaban J connectivity index is 3.22. The molecular weight excluding hydrogens is 195 g/mol. The van der Waals surface area contributed by atoms with Crippen molar-refractivity contribution < 1.29 is 9.18 Å². The molecule has 4 heteroatoms. The van der Waals surface area contributed by atoms with Gasteiger partial charge in [0.1, 0.15) is 5.82 Å². The van der Waals surface area contributed by atoms with E-state index in [-0.39, 0.29) is 11.9 Å². The van der Waals surface area contributed by atoms with Crippen molar-refractivity contribution in [1.29, 1.82) is 0 Å². The Labute approximate surface area is 88.2 Å². The molecule has 1 aromatic rings. The molecule has 0 bridgehead atoms. The summed E-state index contributed by atoms with van der Waals surface area (Å²) in [7, 11) is 3.63. The highest BCUT2D eigenvalue weighted by Gasteiger charge is 2.11. The summed E-state index contributed by atoms with van der Waals surface area (Å²) in [5, 5.41) is 0. The Morgan fingerprint density at radius 1 is 1.47 bits per heavy atom. The van der Waals surface area contributed by atoms with E-state index in [4.69, 9.17) is 0 Å². The molecule has 0 fully saturated rings. The largest absolute Gasteiger partial charge is 0.377 e. The van der Waals surface area contributed by atoms with Crippen LogP contribution in [0.3, 0.4) is 0 Å². The molecule has 3 nitrogen and oxygen atoms in total. The monoisotopic (exact) mass is 208 g/mol. The predicted molar refractivity (Wildman–Crippen MR) is 57.3 cm³/mol. The molecule has 0 saturated carbocycles. The van der Waals surface area contributed by atoms with E-state index in [0.717, 1.165) is 11.3 Å². The number of hydrogen-bond acceptors (Lipinski definition) is 3. The van der Waals surface area contributed by atoms with Crippen LogP contribution in [0.2, 0.25) is 0 Å². The standard InChI is InChI=1S/C11H13FN2O/c1-8(13-7-15)10-5-4-9(12)6-11(10)14(2)3/h4-6,8H,1-3H3. The van der Waals surface area contributed by atoms with Gasteiger partial charge in [0.2, 0.25) is 6.08 Å². The third kappa shape index (κ3) is 2.64. The summed E-state index contributed by atoms with van der Waals surface area (Å²) in [6, 6.07) is 4.11. The van der Waals surface area contributed by atoms with E-state index in [1.54, 1.807) is 17.9 Å². The first-order valence-electron chi connectivity index (χ1n) is 4.60. The zero-order chi connectivity index (χ0) is 11.4. The zero-order valence-corrected chi connectivity index (χ0v) is 8.99. The summed E-state index contributed by atoms with van der Waals surface area (Å²) in [6.45, 7) is 1.77. The minimum Gasteiger partial charge on any atom is -0.377 e. The fourth-order valence-electron chi connectivity index (χ4n) is 1.41. The van der Waals surface area contributed by atoms with Crippen LogP contribution in [0.4, 0.5) is 10.1 Å². The summed E-state index contributed by atoms with van der Waals surface area (Å²) in [5.74, 6) is -0.301. The van der Waals surface area contributed by atoms with Crippen molar-refractivity contribution in [2.24, 2.45) is 4.99 Å².